The van der Waals surface area contributed by atoms with Gasteiger partial charge in [0.1, 0.15) is 0 Å². The highest BCUT2D eigenvalue weighted by molar-refractivity contribution is 6.31. The summed E-state index contributed by atoms with van der Waals surface area (Å²) in [6.07, 6.45) is 9.09. The highest BCUT2D eigenvalue weighted by Gasteiger charge is 2.51. The van der Waals surface area contributed by atoms with Crippen LogP contribution in [0.5, 0.6) is 0 Å². The zero-order valence-electron chi connectivity index (χ0n) is 9.69. The largest absolute Gasteiger partial charge is 0.263 e. The van der Waals surface area contributed by atoms with Crippen LogP contribution in [0.1, 0.15) is 31.2 Å². The van der Waals surface area contributed by atoms with Gasteiger partial charge in [-0.3, -0.25) is 4.98 Å². The third kappa shape index (κ3) is 1.73. The van der Waals surface area contributed by atoms with Crippen LogP contribution in [-0.4, -0.2) is 4.98 Å². The molecule has 2 aliphatic carbocycles. The maximum atomic E-state index is 9.58. The standard InChI is InChI=1S/C14H15ClN2/c15-13-8-17-4-3-11(13)7-14(9-16)6-10-1-2-12(14)5-10/h3-4,8,10,12H,1-2,5-7H2. The zero-order chi connectivity index (χ0) is 11.9. The average molecular weight is 247 g/mol. The van der Waals surface area contributed by atoms with Crippen LogP contribution < -0.4 is 0 Å². The Morgan fingerprint density at radius 1 is 1.53 bits per heavy atom. The number of halogens is 1. The predicted octanol–water partition coefficient (Wildman–Crippen LogP) is 3.61. The molecule has 3 atom stereocenters. The molecule has 1 aromatic heterocycles. The quantitative estimate of drug-likeness (QED) is 0.799. The van der Waals surface area contributed by atoms with Gasteiger partial charge in [-0.15, -0.1) is 0 Å². The van der Waals surface area contributed by atoms with E-state index >= 15 is 0 Å². The van der Waals surface area contributed by atoms with Gasteiger partial charge in [0.25, 0.3) is 0 Å². The lowest BCUT2D eigenvalue weighted by Gasteiger charge is -2.31. The number of pyridine rings is 1. The normalized spacial score (nSPS) is 34.8. The van der Waals surface area contributed by atoms with Crippen LogP contribution in [0.2, 0.25) is 5.02 Å². The van der Waals surface area contributed by atoms with Gasteiger partial charge in [-0.2, -0.15) is 5.26 Å². The fraction of sp³-hybridized carbons (Fsp3) is 0.571. The van der Waals surface area contributed by atoms with E-state index in [9.17, 15) is 5.26 Å². The predicted molar refractivity (Wildman–Crippen MR) is 66.4 cm³/mol. The van der Waals surface area contributed by atoms with Crippen molar-refractivity contribution in [3.8, 4) is 6.07 Å². The smallest absolute Gasteiger partial charge is 0.0696 e. The summed E-state index contributed by atoms with van der Waals surface area (Å²) in [6, 6.07) is 4.56. The summed E-state index contributed by atoms with van der Waals surface area (Å²) < 4.78 is 0. The summed E-state index contributed by atoms with van der Waals surface area (Å²) in [5.41, 5.74) is 0.921. The second kappa shape index (κ2) is 3.99. The molecular formula is C14H15ClN2. The zero-order valence-corrected chi connectivity index (χ0v) is 10.5. The topological polar surface area (TPSA) is 36.7 Å². The van der Waals surface area contributed by atoms with Crippen molar-refractivity contribution in [1.29, 1.82) is 5.26 Å². The van der Waals surface area contributed by atoms with E-state index in [0.717, 1.165) is 24.3 Å². The molecule has 0 aliphatic heterocycles. The van der Waals surface area contributed by atoms with Gasteiger partial charge < -0.3 is 0 Å². The van der Waals surface area contributed by atoms with Gasteiger partial charge in [0.2, 0.25) is 0 Å². The summed E-state index contributed by atoms with van der Waals surface area (Å²) >= 11 is 6.15. The van der Waals surface area contributed by atoms with Crippen molar-refractivity contribution in [3.63, 3.8) is 0 Å². The minimum Gasteiger partial charge on any atom is -0.263 e. The second-order valence-electron chi connectivity index (χ2n) is 5.49. The summed E-state index contributed by atoms with van der Waals surface area (Å²) in [5.74, 6) is 1.36. The fourth-order valence-corrected chi connectivity index (χ4v) is 3.91. The number of hydrogen-bond donors (Lipinski definition) is 0. The highest BCUT2D eigenvalue weighted by Crippen LogP contribution is 2.57. The van der Waals surface area contributed by atoms with Crippen LogP contribution >= 0.6 is 11.6 Å². The maximum Gasteiger partial charge on any atom is 0.0696 e. The molecule has 2 bridgehead atoms. The van der Waals surface area contributed by atoms with Crippen LogP contribution in [-0.2, 0) is 6.42 Å². The number of nitriles is 1. The molecule has 0 aromatic carbocycles. The molecule has 2 aliphatic rings. The van der Waals surface area contributed by atoms with Crippen molar-refractivity contribution in [2.45, 2.75) is 32.1 Å². The molecule has 1 aromatic rings. The van der Waals surface area contributed by atoms with Gasteiger partial charge in [0, 0.05) is 12.4 Å². The van der Waals surface area contributed by atoms with E-state index in [4.69, 9.17) is 11.6 Å². The molecule has 0 N–H and O–H groups in total. The lowest BCUT2D eigenvalue weighted by molar-refractivity contribution is 0.239. The fourth-order valence-electron chi connectivity index (χ4n) is 3.72. The number of nitrogens with zero attached hydrogens (tertiary/aromatic N) is 2. The Bertz CT molecular complexity index is 479. The molecule has 17 heavy (non-hydrogen) atoms. The first-order chi connectivity index (χ1) is 8.23. The van der Waals surface area contributed by atoms with Crippen LogP contribution in [0.15, 0.2) is 18.5 Å². The first kappa shape index (κ1) is 11.0. The summed E-state index contributed by atoms with van der Waals surface area (Å²) in [4.78, 5) is 4.00. The Morgan fingerprint density at radius 3 is 3.00 bits per heavy atom. The molecule has 3 heteroatoms. The van der Waals surface area contributed by atoms with E-state index in [1.807, 2.05) is 6.07 Å². The molecule has 2 saturated carbocycles. The molecule has 2 fully saturated rings. The van der Waals surface area contributed by atoms with E-state index < -0.39 is 0 Å². The van der Waals surface area contributed by atoms with Crippen molar-refractivity contribution >= 4 is 11.6 Å². The Morgan fingerprint density at radius 2 is 2.41 bits per heavy atom. The van der Waals surface area contributed by atoms with Gasteiger partial charge in [0.15, 0.2) is 0 Å². The molecular weight excluding hydrogens is 232 g/mol. The molecule has 88 valence electrons. The molecule has 3 rings (SSSR count). The van der Waals surface area contributed by atoms with Crippen molar-refractivity contribution in [2.24, 2.45) is 17.3 Å². The molecule has 0 amide bonds. The molecule has 0 radical (unpaired) electrons. The van der Waals surface area contributed by atoms with Gasteiger partial charge >= 0.3 is 0 Å². The van der Waals surface area contributed by atoms with E-state index in [2.05, 4.69) is 11.1 Å². The van der Waals surface area contributed by atoms with Crippen molar-refractivity contribution < 1.29 is 0 Å². The van der Waals surface area contributed by atoms with Gasteiger partial charge in [-0.25, -0.2) is 0 Å². The Balaban J connectivity index is 1.89. The molecule has 0 spiro atoms. The third-order valence-electron chi connectivity index (χ3n) is 4.56. The van der Waals surface area contributed by atoms with Gasteiger partial charge in [0.05, 0.1) is 16.5 Å². The van der Waals surface area contributed by atoms with Crippen molar-refractivity contribution in [2.75, 3.05) is 0 Å². The summed E-state index contributed by atoms with van der Waals surface area (Å²) in [5, 5.41) is 10.3. The molecule has 0 saturated heterocycles. The minimum atomic E-state index is -0.159. The molecule has 1 heterocycles. The minimum absolute atomic E-state index is 0.159. The van der Waals surface area contributed by atoms with Gasteiger partial charge in [-0.05, 0) is 49.1 Å². The van der Waals surface area contributed by atoms with Crippen LogP contribution in [0.4, 0.5) is 0 Å². The number of fused-ring (bicyclic) bond motifs is 2. The Hall–Kier alpha value is -1.07. The van der Waals surface area contributed by atoms with Crippen molar-refractivity contribution in [1.82, 2.24) is 4.98 Å². The lowest BCUT2D eigenvalue weighted by atomic mass is 9.70. The van der Waals surface area contributed by atoms with Crippen molar-refractivity contribution in [3.05, 3.63) is 29.0 Å². The lowest BCUT2D eigenvalue weighted by Crippen LogP contribution is -2.28. The number of rotatable bonds is 2. The molecule has 2 nitrogen and oxygen atoms in total. The average Bonchev–Trinajstić information content (AvgIpc) is 2.93. The first-order valence-electron chi connectivity index (χ1n) is 6.23. The van der Waals surface area contributed by atoms with Crippen LogP contribution in [0.25, 0.3) is 0 Å². The highest BCUT2D eigenvalue weighted by atomic mass is 35.5. The van der Waals surface area contributed by atoms with E-state index in [1.165, 1.54) is 19.3 Å². The van der Waals surface area contributed by atoms with E-state index in [1.54, 1.807) is 12.4 Å². The van der Waals surface area contributed by atoms with E-state index in [0.29, 0.717) is 10.9 Å². The van der Waals surface area contributed by atoms with Crippen LogP contribution in [0.3, 0.4) is 0 Å². The van der Waals surface area contributed by atoms with Gasteiger partial charge in [-0.1, -0.05) is 18.0 Å². The summed E-state index contributed by atoms with van der Waals surface area (Å²) in [7, 11) is 0. The first-order valence-corrected chi connectivity index (χ1v) is 6.61. The Kier molecular flexibility index (Phi) is 2.60. The SMILES string of the molecule is N#CC1(Cc2ccncc2Cl)CC2CCC1C2. The molecule has 3 unspecified atom stereocenters. The summed E-state index contributed by atoms with van der Waals surface area (Å²) in [6.45, 7) is 0. The third-order valence-corrected chi connectivity index (χ3v) is 4.90. The number of hydrogen-bond acceptors (Lipinski definition) is 2. The maximum absolute atomic E-state index is 9.58. The Labute approximate surface area is 107 Å². The monoisotopic (exact) mass is 246 g/mol. The number of aromatic nitrogens is 1. The van der Waals surface area contributed by atoms with Crippen LogP contribution in [0, 0.1) is 28.6 Å². The second-order valence-corrected chi connectivity index (χ2v) is 5.90. The van der Waals surface area contributed by atoms with E-state index in [-0.39, 0.29) is 5.41 Å².